The zero-order chi connectivity index (χ0) is 11.9. The second-order valence-corrected chi connectivity index (χ2v) is 5.76. The number of nitrogens with zero attached hydrogens (tertiary/aromatic N) is 1. The van der Waals surface area contributed by atoms with E-state index in [2.05, 4.69) is 19.2 Å². The third-order valence-corrected chi connectivity index (χ3v) is 3.39. The van der Waals surface area contributed by atoms with Crippen LogP contribution in [0.3, 0.4) is 0 Å². The number of nitrogens with one attached hydrogen (secondary N) is 1. The molecule has 1 saturated heterocycles. The van der Waals surface area contributed by atoms with Crippen molar-refractivity contribution in [2.24, 2.45) is 0 Å². The number of quaternary nitrogens is 1. The molecule has 1 heterocycles. The summed E-state index contributed by atoms with van der Waals surface area (Å²) in [6.07, 6.45) is -0.706. The maximum atomic E-state index is 11.6. The molecule has 3 atom stereocenters. The van der Waals surface area contributed by atoms with E-state index in [1.807, 2.05) is 20.8 Å². The molecule has 0 radical (unpaired) electrons. The highest BCUT2D eigenvalue weighted by Crippen LogP contribution is 2.28. The van der Waals surface area contributed by atoms with Crippen LogP contribution < -0.4 is 5.32 Å². The number of carbonyl (C=O) groups is 1. The van der Waals surface area contributed by atoms with Gasteiger partial charge in [-0.25, -0.2) is 4.48 Å². The summed E-state index contributed by atoms with van der Waals surface area (Å²) in [5.74, 6) is 0. The van der Waals surface area contributed by atoms with E-state index in [0.717, 1.165) is 0 Å². The molecule has 88 valence electrons. The van der Waals surface area contributed by atoms with Gasteiger partial charge in [0, 0.05) is 0 Å². The van der Waals surface area contributed by atoms with Gasteiger partial charge in [0.05, 0.1) is 12.1 Å². The van der Waals surface area contributed by atoms with Crippen molar-refractivity contribution in [1.82, 2.24) is 5.32 Å². The maximum Gasteiger partial charge on any atom is 0.514 e. The zero-order valence-electron chi connectivity index (χ0n) is 10.4. The third kappa shape index (κ3) is 2.16. The molecular formula is C11H23N2O2+. The van der Waals surface area contributed by atoms with Crippen molar-refractivity contribution >= 4 is 6.09 Å². The largest absolute Gasteiger partial charge is 0.514 e. The van der Waals surface area contributed by atoms with Gasteiger partial charge in [-0.05, 0) is 34.6 Å². The summed E-state index contributed by atoms with van der Waals surface area (Å²) in [4.78, 5) is 11.6. The fourth-order valence-electron chi connectivity index (χ4n) is 2.59. The van der Waals surface area contributed by atoms with E-state index in [-0.39, 0.29) is 22.1 Å². The first-order valence-electron chi connectivity index (χ1n) is 5.56. The van der Waals surface area contributed by atoms with Gasteiger partial charge >= 0.3 is 6.09 Å². The molecule has 0 aromatic rings. The molecule has 1 aliphatic heterocycles. The number of piperazine rings is 1. The van der Waals surface area contributed by atoms with Crippen LogP contribution >= 0.6 is 0 Å². The zero-order valence-corrected chi connectivity index (χ0v) is 10.4. The summed E-state index contributed by atoms with van der Waals surface area (Å²) in [7, 11) is 0. The summed E-state index contributed by atoms with van der Waals surface area (Å²) >= 11 is 0. The minimum atomic E-state index is -0.706. The Hall–Kier alpha value is -0.610. The van der Waals surface area contributed by atoms with Gasteiger partial charge in [0.1, 0.15) is 18.6 Å². The van der Waals surface area contributed by atoms with Gasteiger partial charge < -0.3 is 10.4 Å². The smallest absolute Gasteiger partial charge is 0.435 e. The Kier molecular flexibility index (Phi) is 3.12. The van der Waals surface area contributed by atoms with E-state index >= 15 is 0 Å². The first-order chi connectivity index (χ1) is 6.69. The van der Waals surface area contributed by atoms with Crippen LogP contribution in [0.1, 0.15) is 34.6 Å². The number of hydrogen-bond acceptors (Lipinski definition) is 2. The van der Waals surface area contributed by atoms with Gasteiger partial charge in [0.15, 0.2) is 0 Å². The average Bonchev–Trinajstić information content (AvgIpc) is 1.99. The third-order valence-electron chi connectivity index (χ3n) is 3.39. The molecule has 1 rings (SSSR count). The Labute approximate surface area is 91.9 Å². The van der Waals surface area contributed by atoms with Crippen LogP contribution in [-0.4, -0.2) is 46.4 Å². The van der Waals surface area contributed by atoms with E-state index in [9.17, 15) is 9.90 Å². The molecule has 1 amide bonds. The molecule has 1 unspecified atom stereocenters. The predicted octanol–water partition coefficient (Wildman–Crippen LogP) is 1.66. The summed E-state index contributed by atoms with van der Waals surface area (Å²) in [6, 6.07) is 0.508. The Morgan fingerprint density at radius 3 is 1.93 bits per heavy atom. The van der Waals surface area contributed by atoms with Crippen molar-refractivity contribution in [3.63, 3.8) is 0 Å². The minimum Gasteiger partial charge on any atom is -0.435 e. The molecule has 4 nitrogen and oxygen atoms in total. The highest BCUT2D eigenvalue weighted by Gasteiger charge is 2.51. The Bertz CT molecular complexity index is 248. The molecule has 1 aliphatic rings. The van der Waals surface area contributed by atoms with Gasteiger partial charge in [-0.2, -0.15) is 4.79 Å². The van der Waals surface area contributed by atoms with E-state index in [1.165, 1.54) is 0 Å². The summed E-state index contributed by atoms with van der Waals surface area (Å²) in [6.45, 7) is 11.4. The number of rotatable bonds is 0. The van der Waals surface area contributed by atoms with Crippen LogP contribution in [0.25, 0.3) is 0 Å². The van der Waals surface area contributed by atoms with Gasteiger partial charge in [-0.1, -0.05) is 0 Å². The Morgan fingerprint density at radius 2 is 1.67 bits per heavy atom. The molecule has 0 aromatic carbocycles. The van der Waals surface area contributed by atoms with Crippen LogP contribution in [0.15, 0.2) is 0 Å². The summed E-state index contributed by atoms with van der Waals surface area (Å²) < 4.78 is 0.155. The van der Waals surface area contributed by atoms with Gasteiger partial charge in [-0.15, -0.1) is 0 Å². The van der Waals surface area contributed by atoms with Crippen molar-refractivity contribution in [2.75, 3.05) is 13.1 Å². The average molecular weight is 215 g/mol. The number of amides is 1. The topological polar surface area (TPSA) is 49.3 Å². The number of hydrogen-bond donors (Lipinski definition) is 2. The summed E-state index contributed by atoms with van der Waals surface area (Å²) in [5.41, 5.74) is -0.254. The SMILES string of the molecule is C[C@@H]1C[N+](C(=O)O)(C(C)(C)C)C[C@H](C)N1. The highest BCUT2D eigenvalue weighted by atomic mass is 16.4. The van der Waals surface area contributed by atoms with Crippen LogP contribution in [-0.2, 0) is 0 Å². The van der Waals surface area contributed by atoms with Crippen LogP contribution in [0.5, 0.6) is 0 Å². The molecule has 1 fully saturated rings. The molecule has 0 saturated carbocycles. The molecule has 0 bridgehead atoms. The second kappa shape index (κ2) is 3.76. The fraction of sp³-hybridized carbons (Fsp3) is 0.909. The van der Waals surface area contributed by atoms with E-state index < -0.39 is 6.09 Å². The monoisotopic (exact) mass is 215 g/mol. The molecular weight excluding hydrogens is 192 g/mol. The van der Waals surface area contributed by atoms with E-state index in [0.29, 0.717) is 13.1 Å². The maximum absolute atomic E-state index is 11.6. The van der Waals surface area contributed by atoms with Crippen molar-refractivity contribution in [1.29, 1.82) is 0 Å². The minimum absolute atomic E-state index is 0.155. The molecule has 0 aliphatic carbocycles. The van der Waals surface area contributed by atoms with Crippen molar-refractivity contribution < 1.29 is 14.4 Å². The van der Waals surface area contributed by atoms with Gasteiger partial charge in [-0.3, -0.25) is 0 Å². The Balaban J connectivity index is 3.06. The molecule has 0 aromatic heterocycles. The van der Waals surface area contributed by atoms with Crippen molar-refractivity contribution in [3.8, 4) is 0 Å². The summed E-state index contributed by atoms with van der Waals surface area (Å²) in [5, 5.41) is 12.9. The van der Waals surface area contributed by atoms with Crippen LogP contribution in [0.4, 0.5) is 4.79 Å². The lowest BCUT2D eigenvalue weighted by Gasteiger charge is -2.49. The lowest BCUT2D eigenvalue weighted by Crippen LogP contribution is -2.73. The van der Waals surface area contributed by atoms with Gasteiger partial charge in [0.25, 0.3) is 0 Å². The van der Waals surface area contributed by atoms with E-state index in [1.54, 1.807) is 0 Å². The van der Waals surface area contributed by atoms with Crippen LogP contribution in [0.2, 0.25) is 0 Å². The highest BCUT2D eigenvalue weighted by molar-refractivity contribution is 5.57. The van der Waals surface area contributed by atoms with Crippen molar-refractivity contribution in [3.05, 3.63) is 0 Å². The molecule has 15 heavy (non-hydrogen) atoms. The lowest BCUT2D eigenvalue weighted by atomic mass is 9.96. The van der Waals surface area contributed by atoms with Gasteiger partial charge in [0.2, 0.25) is 0 Å². The Morgan fingerprint density at radius 1 is 1.27 bits per heavy atom. The second-order valence-electron chi connectivity index (χ2n) is 5.76. The quantitative estimate of drug-likeness (QED) is 0.604. The predicted molar refractivity (Wildman–Crippen MR) is 59.8 cm³/mol. The lowest BCUT2D eigenvalue weighted by molar-refractivity contribution is -0.910. The first kappa shape index (κ1) is 12.5. The van der Waals surface area contributed by atoms with Crippen LogP contribution in [0, 0.1) is 0 Å². The normalized spacial score (nSPS) is 37.7. The molecule has 4 heteroatoms. The molecule has 0 spiro atoms. The standard InChI is InChI=1S/C11H22N2O2/c1-8-6-13(10(14)15,11(3,4)5)7-9(2)12-8/h8-9,12H,6-7H2,1-5H3/p+1/t8-,9+,13?. The molecule has 2 N–H and O–H groups in total. The van der Waals surface area contributed by atoms with Crippen molar-refractivity contribution in [2.45, 2.75) is 52.2 Å². The number of carboxylic acid groups (broad SMARTS) is 1. The first-order valence-corrected chi connectivity index (χ1v) is 5.56. The van der Waals surface area contributed by atoms with E-state index in [4.69, 9.17) is 0 Å². The fourth-order valence-corrected chi connectivity index (χ4v) is 2.59.